The number of rotatable bonds is 3. The second-order valence-electron chi connectivity index (χ2n) is 8.31. The van der Waals surface area contributed by atoms with Crippen LogP contribution in [0.2, 0.25) is 0 Å². The summed E-state index contributed by atoms with van der Waals surface area (Å²) in [6, 6.07) is 6.01. The number of fused-ring (bicyclic) bond motifs is 4. The normalized spacial score (nSPS) is 33.9. The van der Waals surface area contributed by atoms with Gasteiger partial charge in [-0.05, 0) is 54.9 Å². The van der Waals surface area contributed by atoms with Crippen LogP contribution in [0.5, 0.6) is 5.75 Å². The number of piperidine rings is 2. The number of carboxylic acid groups (broad SMARTS) is 1. The maximum atomic E-state index is 12.7. The van der Waals surface area contributed by atoms with Crippen LogP contribution in [0.25, 0.3) is 10.9 Å². The van der Waals surface area contributed by atoms with E-state index in [2.05, 4.69) is 16.8 Å². The molecule has 1 saturated carbocycles. The van der Waals surface area contributed by atoms with E-state index in [0.717, 1.165) is 60.3 Å². The molecule has 1 unspecified atom stereocenters. The van der Waals surface area contributed by atoms with E-state index in [9.17, 15) is 9.90 Å². The van der Waals surface area contributed by atoms with Crippen molar-refractivity contribution in [3.05, 3.63) is 29.5 Å². The maximum Gasteiger partial charge on any atom is 1.00 e. The van der Waals surface area contributed by atoms with Crippen LogP contribution in [0.15, 0.2) is 18.2 Å². The van der Waals surface area contributed by atoms with Gasteiger partial charge in [0.15, 0.2) is 0 Å². The summed E-state index contributed by atoms with van der Waals surface area (Å²) < 4.78 is 5.40. The Morgan fingerprint density at radius 3 is 2.96 bits per heavy atom. The number of H-pyrrole nitrogens is 1. The monoisotopic (exact) mass is 360 g/mol. The minimum absolute atomic E-state index is 0. The number of nitrogens with one attached hydrogen (secondary N) is 1. The minimum Gasteiger partial charge on any atom is -0.549 e. The Labute approximate surface area is 171 Å². The Bertz CT molecular complexity index is 895. The zero-order valence-electron chi connectivity index (χ0n) is 16.4. The Hall–Kier alpha value is -1.41. The van der Waals surface area contributed by atoms with Gasteiger partial charge < -0.3 is 19.6 Å². The van der Waals surface area contributed by atoms with Gasteiger partial charge in [0, 0.05) is 35.7 Å². The number of carboxylic acids is 1. The molecule has 0 amide bonds. The fourth-order valence-corrected chi connectivity index (χ4v) is 6.24. The molecule has 1 aliphatic carbocycles. The number of carbonyl (C=O) groups is 1. The van der Waals surface area contributed by atoms with Crippen molar-refractivity contribution in [2.75, 3.05) is 20.2 Å². The van der Waals surface area contributed by atoms with Gasteiger partial charge in [-0.15, -0.1) is 0 Å². The van der Waals surface area contributed by atoms with Crippen molar-refractivity contribution in [3.8, 4) is 5.75 Å². The molecule has 1 aromatic heterocycles. The molecule has 1 N–H and O–H groups in total. The van der Waals surface area contributed by atoms with E-state index in [1.54, 1.807) is 7.11 Å². The Morgan fingerprint density at radius 2 is 2.26 bits per heavy atom. The first-order valence-corrected chi connectivity index (χ1v) is 9.73. The standard InChI is InChI=1S/C21H26N2O3.Li/c1-3-13-8-12-10-21(20(24)25)18-15(6-7-23(11-12)19(13)21)16-9-14(26-2)4-5-17(16)22-18;/h4-5,9,12-13,19,22H,3,6-8,10-11H2,1-2H3,(H,24,25);/q;+1/p-1/t12-,13-,19-,21+;/m0./s1. The molecule has 4 bridgehead atoms. The van der Waals surface area contributed by atoms with Crippen LogP contribution in [-0.2, 0) is 16.6 Å². The number of aromatic nitrogens is 1. The third-order valence-electron chi connectivity index (χ3n) is 7.18. The van der Waals surface area contributed by atoms with E-state index in [4.69, 9.17) is 4.74 Å². The van der Waals surface area contributed by atoms with E-state index in [0.29, 0.717) is 18.3 Å². The first-order chi connectivity index (χ1) is 12.6. The quantitative estimate of drug-likeness (QED) is 0.702. The molecule has 4 aliphatic rings. The summed E-state index contributed by atoms with van der Waals surface area (Å²) >= 11 is 0. The largest absolute Gasteiger partial charge is 1.00 e. The summed E-state index contributed by atoms with van der Waals surface area (Å²) in [6.45, 7) is 4.14. The van der Waals surface area contributed by atoms with Gasteiger partial charge in [-0.2, -0.15) is 0 Å². The number of hydrogen-bond donors (Lipinski definition) is 1. The smallest absolute Gasteiger partial charge is 0.549 e. The topological polar surface area (TPSA) is 68.4 Å². The number of ether oxygens (including phenoxy) is 1. The number of aliphatic carboxylic acids is 1. The first-order valence-electron chi connectivity index (χ1n) is 9.73. The van der Waals surface area contributed by atoms with Crippen LogP contribution in [0.4, 0.5) is 0 Å². The van der Waals surface area contributed by atoms with Gasteiger partial charge in [-0.25, -0.2) is 0 Å². The van der Waals surface area contributed by atoms with Gasteiger partial charge in [0.2, 0.25) is 0 Å². The minimum atomic E-state index is -0.917. The molecule has 27 heavy (non-hydrogen) atoms. The predicted octanol–water partition coefficient (Wildman–Crippen LogP) is -1.16. The zero-order valence-corrected chi connectivity index (χ0v) is 16.4. The Balaban J connectivity index is 0.00000180. The van der Waals surface area contributed by atoms with Crippen LogP contribution in [0.1, 0.15) is 37.4 Å². The van der Waals surface area contributed by atoms with E-state index in [-0.39, 0.29) is 24.9 Å². The summed E-state index contributed by atoms with van der Waals surface area (Å²) in [7, 11) is 1.67. The van der Waals surface area contributed by atoms with E-state index in [1.807, 2.05) is 18.2 Å². The molecule has 4 heterocycles. The molecule has 1 aromatic carbocycles. The third-order valence-corrected chi connectivity index (χ3v) is 7.18. The van der Waals surface area contributed by atoms with Gasteiger partial charge in [0.05, 0.1) is 18.5 Å². The fourth-order valence-electron chi connectivity index (χ4n) is 6.24. The van der Waals surface area contributed by atoms with Crippen molar-refractivity contribution < 1.29 is 33.5 Å². The molecular formula is C21H25LiN2O3. The van der Waals surface area contributed by atoms with Crippen molar-refractivity contribution in [2.24, 2.45) is 11.8 Å². The van der Waals surface area contributed by atoms with E-state index in [1.165, 1.54) is 0 Å². The van der Waals surface area contributed by atoms with Gasteiger partial charge in [-0.1, -0.05) is 13.3 Å². The molecule has 2 saturated heterocycles. The Kier molecular flexibility index (Phi) is 4.61. The molecule has 3 aliphatic heterocycles. The molecule has 2 aromatic rings. The van der Waals surface area contributed by atoms with E-state index < -0.39 is 11.4 Å². The first kappa shape index (κ1) is 18.9. The fraction of sp³-hybridized carbons (Fsp3) is 0.571. The van der Waals surface area contributed by atoms with Crippen LogP contribution >= 0.6 is 0 Å². The van der Waals surface area contributed by atoms with Crippen LogP contribution in [-0.4, -0.2) is 42.1 Å². The number of hydrogen-bond acceptors (Lipinski definition) is 4. The summed E-state index contributed by atoms with van der Waals surface area (Å²) in [5, 5.41) is 13.8. The van der Waals surface area contributed by atoms with Gasteiger partial charge in [-0.3, -0.25) is 4.90 Å². The average molecular weight is 360 g/mol. The van der Waals surface area contributed by atoms with Gasteiger partial charge in [0.25, 0.3) is 0 Å². The molecule has 3 fully saturated rings. The van der Waals surface area contributed by atoms with Crippen molar-refractivity contribution in [1.29, 1.82) is 0 Å². The number of benzene rings is 1. The van der Waals surface area contributed by atoms with Crippen molar-refractivity contribution >= 4 is 16.9 Å². The maximum absolute atomic E-state index is 12.7. The second-order valence-corrected chi connectivity index (χ2v) is 8.31. The van der Waals surface area contributed by atoms with Crippen LogP contribution in [0, 0.1) is 11.8 Å². The summed E-state index contributed by atoms with van der Waals surface area (Å²) in [5.74, 6) is 0.765. The molecule has 138 valence electrons. The number of nitrogens with zero attached hydrogens (tertiary/aromatic N) is 1. The van der Waals surface area contributed by atoms with Gasteiger partial charge >= 0.3 is 18.9 Å². The molecule has 5 nitrogen and oxygen atoms in total. The van der Waals surface area contributed by atoms with Crippen molar-refractivity contribution in [3.63, 3.8) is 0 Å². The number of methoxy groups -OCH3 is 1. The van der Waals surface area contributed by atoms with E-state index >= 15 is 0 Å². The number of carbonyl (C=O) groups excluding carboxylic acids is 1. The molecule has 6 heteroatoms. The van der Waals surface area contributed by atoms with Crippen LogP contribution in [0.3, 0.4) is 0 Å². The predicted molar refractivity (Wildman–Crippen MR) is 97.1 cm³/mol. The second kappa shape index (κ2) is 6.58. The molecule has 0 spiro atoms. The number of aromatic amines is 1. The molecule has 5 atom stereocenters. The molecule has 0 radical (unpaired) electrons. The average Bonchev–Trinajstić information content (AvgIpc) is 2.99. The van der Waals surface area contributed by atoms with Gasteiger partial charge in [0.1, 0.15) is 5.75 Å². The Morgan fingerprint density at radius 1 is 1.44 bits per heavy atom. The van der Waals surface area contributed by atoms with Crippen molar-refractivity contribution in [2.45, 2.75) is 44.1 Å². The third kappa shape index (κ3) is 2.45. The van der Waals surface area contributed by atoms with Crippen molar-refractivity contribution in [1.82, 2.24) is 9.88 Å². The van der Waals surface area contributed by atoms with Crippen LogP contribution < -0.4 is 28.7 Å². The summed E-state index contributed by atoms with van der Waals surface area (Å²) in [5.41, 5.74) is 2.13. The summed E-state index contributed by atoms with van der Waals surface area (Å²) in [4.78, 5) is 18.6. The summed E-state index contributed by atoms with van der Waals surface area (Å²) in [6.07, 6.45) is 3.74. The SMILES string of the molecule is CC[C@H]1C[C@@H]2CN3CCc4c([nH]c5ccc(OC)cc45)[C@](C(=O)[O-])(C2)[C@H]13.[Li+]. The molecule has 6 rings (SSSR count). The molecular weight excluding hydrogens is 335 g/mol. The zero-order chi connectivity index (χ0) is 18.1.